The van der Waals surface area contributed by atoms with Crippen LogP contribution in [0.2, 0.25) is 5.02 Å². The van der Waals surface area contributed by atoms with E-state index in [0.717, 1.165) is 9.26 Å². The molecule has 0 fully saturated rings. The fourth-order valence-electron chi connectivity index (χ4n) is 1.46. The Kier molecular flexibility index (Phi) is 4.49. The van der Waals surface area contributed by atoms with E-state index in [0.29, 0.717) is 5.56 Å². The number of rotatable bonds is 3. The molecule has 0 radical (unpaired) electrons. The average molecular weight is 387 g/mol. The van der Waals surface area contributed by atoms with Crippen LogP contribution in [-0.4, -0.2) is 11.1 Å². The number of nitro groups is 1. The third-order valence-corrected chi connectivity index (χ3v) is 3.33. The summed E-state index contributed by atoms with van der Waals surface area (Å²) in [6.45, 7) is 0. The standard InChI is InChI=1S/C13H8ClIN2O2/c14-12-5-4-9(6-13(12)17(18)19)8-16-11-3-1-2-10(15)7-11/h1-8H. The molecule has 0 amide bonds. The third kappa shape index (κ3) is 3.74. The van der Waals surface area contributed by atoms with Crippen LogP contribution in [0.3, 0.4) is 0 Å². The van der Waals surface area contributed by atoms with Crippen LogP contribution in [0.25, 0.3) is 0 Å². The molecule has 0 atom stereocenters. The monoisotopic (exact) mass is 386 g/mol. The van der Waals surface area contributed by atoms with Crippen molar-refractivity contribution in [2.75, 3.05) is 0 Å². The summed E-state index contributed by atoms with van der Waals surface area (Å²) < 4.78 is 1.08. The predicted octanol–water partition coefficient (Wildman–Crippen LogP) is 4.60. The quantitative estimate of drug-likeness (QED) is 0.335. The summed E-state index contributed by atoms with van der Waals surface area (Å²) in [5, 5.41) is 10.9. The molecule has 0 heterocycles. The van der Waals surface area contributed by atoms with E-state index in [1.54, 1.807) is 12.3 Å². The van der Waals surface area contributed by atoms with Gasteiger partial charge in [-0.1, -0.05) is 23.7 Å². The van der Waals surface area contributed by atoms with Gasteiger partial charge in [0.15, 0.2) is 0 Å². The van der Waals surface area contributed by atoms with Gasteiger partial charge in [-0.3, -0.25) is 15.1 Å². The van der Waals surface area contributed by atoms with Crippen LogP contribution in [0.1, 0.15) is 5.56 Å². The number of hydrogen-bond donors (Lipinski definition) is 0. The van der Waals surface area contributed by atoms with E-state index in [4.69, 9.17) is 11.6 Å². The fraction of sp³-hybridized carbons (Fsp3) is 0. The van der Waals surface area contributed by atoms with Crippen LogP contribution >= 0.6 is 34.2 Å². The van der Waals surface area contributed by atoms with Crippen molar-refractivity contribution in [2.24, 2.45) is 4.99 Å². The molecule has 96 valence electrons. The Bertz CT molecular complexity index is 659. The van der Waals surface area contributed by atoms with Crippen LogP contribution < -0.4 is 0 Å². The van der Waals surface area contributed by atoms with Gasteiger partial charge in [-0.2, -0.15) is 0 Å². The van der Waals surface area contributed by atoms with Gasteiger partial charge >= 0.3 is 0 Å². The van der Waals surface area contributed by atoms with Gasteiger partial charge in [-0.25, -0.2) is 0 Å². The Morgan fingerprint density at radius 3 is 2.74 bits per heavy atom. The van der Waals surface area contributed by atoms with E-state index in [1.165, 1.54) is 12.1 Å². The number of hydrogen-bond acceptors (Lipinski definition) is 3. The number of aliphatic imine (C=N–C) groups is 1. The molecule has 0 aliphatic carbocycles. The second-order valence-electron chi connectivity index (χ2n) is 3.71. The molecule has 0 spiro atoms. The van der Waals surface area contributed by atoms with Crippen molar-refractivity contribution >= 4 is 51.8 Å². The first-order chi connectivity index (χ1) is 9.06. The highest BCUT2D eigenvalue weighted by Gasteiger charge is 2.11. The minimum Gasteiger partial charge on any atom is -0.258 e. The summed E-state index contributed by atoms with van der Waals surface area (Å²) in [7, 11) is 0. The van der Waals surface area contributed by atoms with E-state index >= 15 is 0 Å². The van der Waals surface area contributed by atoms with E-state index < -0.39 is 4.92 Å². The molecule has 0 aromatic heterocycles. The molecular formula is C13H8ClIN2O2. The second kappa shape index (κ2) is 6.12. The Labute approximate surface area is 128 Å². The van der Waals surface area contributed by atoms with Gasteiger partial charge in [0.1, 0.15) is 5.02 Å². The van der Waals surface area contributed by atoms with Crippen LogP contribution in [-0.2, 0) is 0 Å². The smallest absolute Gasteiger partial charge is 0.258 e. The molecule has 0 unspecified atom stereocenters. The first kappa shape index (κ1) is 14.0. The number of nitrogens with zero attached hydrogens (tertiary/aromatic N) is 2. The highest BCUT2D eigenvalue weighted by atomic mass is 127. The molecule has 2 aromatic carbocycles. The van der Waals surface area contributed by atoms with Gasteiger partial charge in [0, 0.05) is 15.9 Å². The van der Waals surface area contributed by atoms with Gasteiger partial charge in [0.05, 0.1) is 10.6 Å². The summed E-state index contributed by atoms with van der Waals surface area (Å²) in [4.78, 5) is 14.5. The Morgan fingerprint density at radius 1 is 1.26 bits per heavy atom. The lowest BCUT2D eigenvalue weighted by atomic mass is 10.2. The van der Waals surface area contributed by atoms with Crippen LogP contribution in [0, 0.1) is 13.7 Å². The molecule has 0 saturated carbocycles. The zero-order valence-electron chi connectivity index (χ0n) is 9.59. The molecule has 0 bridgehead atoms. The maximum Gasteiger partial charge on any atom is 0.288 e. The minimum absolute atomic E-state index is 0.117. The third-order valence-electron chi connectivity index (χ3n) is 2.34. The fourth-order valence-corrected chi connectivity index (χ4v) is 2.17. The van der Waals surface area contributed by atoms with Crippen LogP contribution in [0.5, 0.6) is 0 Å². The lowest BCUT2D eigenvalue weighted by Crippen LogP contribution is -1.91. The van der Waals surface area contributed by atoms with Gasteiger partial charge < -0.3 is 0 Å². The largest absolute Gasteiger partial charge is 0.288 e. The van der Waals surface area contributed by atoms with Crippen molar-refractivity contribution in [1.29, 1.82) is 0 Å². The molecule has 0 N–H and O–H groups in total. The zero-order valence-corrected chi connectivity index (χ0v) is 12.5. The van der Waals surface area contributed by atoms with Crippen LogP contribution in [0.15, 0.2) is 47.5 Å². The van der Waals surface area contributed by atoms with E-state index in [-0.39, 0.29) is 10.7 Å². The zero-order chi connectivity index (χ0) is 13.8. The highest BCUT2D eigenvalue weighted by Crippen LogP contribution is 2.24. The number of halogens is 2. The molecule has 4 nitrogen and oxygen atoms in total. The van der Waals surface area contributed by atoms with Gasteiger partial charge in [-0.05, 0) is 52.4 Å². The lowest BCUT2D eigenvalue weighted by Gasteiger charge is -1.98. The van der Waals surface area contributed by atoms with E-state index in [1.807, 2.05) is 24.3 Å². The Hall–Kier alpha value is -1.47. The maximum absolute atomic E-state index is 10.8. The number of nitro benzene ring substituents is 1. The summed E-state index contributed by atoms with van der Waals surface area (Å²) in [6.07, 6.45) is 1.58. The molecule has 2 aromatic rings. The van der Waals surface area contributed by atoms with Crippen LogP contribution in [0.4, 0.5) is 11.4 Å². The second-order valence-corrected chi connectivity index (χ2v) is 5.36. The predicted molar refractivity (Wildman–Crippen MR) is 84.5 cm³/mol. The van der Waals surface area contributed by atoms with Crippen molar-refractivity contribution in [2.45, 2.75) is 0 Å². The van der Waals surface area contributed by atoms with Crippen molar-refractivity contribution < 1.29 is 4.92 Å². The SMILES string of the molecule is O=[N+]([O-])c1cc(C=Nc2cccc(I)c2)ccc1Cl. The maximum atomic E-state index is 10.8. The molecule has 2 rings (SSSR count). The van der Waals surface area contributed by atoms with E-state index in [2.05, 4.69) is 27.6 Å². The first-order valence-corrected chi connectivity index (χ1v) is 6.75. The van der Waals surface area contributed by atoms with Crippen molar-refractivity contribution in [3.63, 3.8) is 0 Å². The van der Waals surface area contributed by atoms with E-state index in [9.17, 15) is 10.1 Å². The summed E-state index contributed by atoms with van der Waals surface area (Å²) >= 11 is 7.94. The Balaban J connectivity index is 2.29. The summed E-state index contributed by atoms with van der Waals surface area (Å²) in [5.74, 6) is 0. The van der Waals surface area contributed by atoms with Gasteiger partial charge in [0.25, 0.3) is 5.69 Å². The highest BCUT2D eigenvalue weighted by molar-refractivity contribution is 14.1. The van der Waals surface area contributed by atoms with Crippen molar-refractivity contribution in [3.05, 3.63) is 66.7 Å². The van der Waals surface area contributed by atoms with Gasteiger partial charge in [0.2, 0.25) is 0 Å². The molecule has 0 saturated heterocycles. The lowest BCUT2D eigenvalue weighted by molar-refractivity contribution is -0.384. The average Bonchev–Trinajstić information content (AvgIpc) is 2.37. The summed E-state index contributed by atoms with van der Waals surface area (Å²) in [5.41, 5.74) is 1.31. The molecule has 0 aliphatic rings. The number of benzene rings is 2. The Morgan fingerprint density at radius 2 is 2.05 bits per heavy atom. The van der Waals surface area contributed by atoms with Gasteiger partial charge in [-0.15, -0.1) is 0 Å². The molecular weight excluding hydrogens is 379 g/mol. The molecule has 0 aliphatic heterocycles. The minimum atomic E-state index is -0.509. The molecule has 19 heavy (non-hydrogen) atoms. The topological polar surface area (TPSA) is 55.5 Å². The molecule has 6 heteroatoms. The normalized spacial score (nSPS) is 10.8. The van der Waals surface area contributed by atoms with Crippen molar-refractivity contribution in [3.8, 4) is 0 Å². The van der Waals surface area contributed by atoms with Crippen molar-refractivity contribution in [1.82, 2.24) is 0 Å². The first-order valence-electron chi connectivity index (χ1n) is 5.30. The summed E-state index contributed by atoms with van der Waals surface area (Å²) in [6, 6.07) is 12.2.